The largest absolute Gasteiger partial charge is 0.497 e. The van der Waals surface area contributed by atoms with Crippen molar-refractivity contribution in [2.45, 2.75) is 27.4 Å². The maximum atomic E-state index is 5.76. The van der Waals surface area contributed by atoms with Gasteiger partial charge in [-0.2, -0.15) is 0 Å². The smallest absolute Gasteiger partial charge is 0.132 e. The van der Waals surface area contributed by atoms with Gasteiger partial charge >= 0.3 is 0 Å². The van der Waals surface area contributed by atoms with Crippen LogP contribution in [0.2, 0.25) is 0 Å². The number of anilines is 1. The lowest BCUT2D eigenvalue weighted by Crippen LogP contribution is -2.07. The molecule has 0 bridgehead atoms. The first-order chi connectivity index (χ1) is 10.1. The van der Waals surface area contributed by atoms with Crippen LogP contribution in [0.4, 0.5) is 5.82 Å². The number of nitrogens with one attached hydrogen (secondary N) is 1. The summed E-state index contributed by atoms with van der Waals surface area (Å²) in [7, 11) is 1.67. The van der Waals surface area contributed by atoms with Gasteiger partial charge in [-0.3, -0.25) is 0 Å². The van der Waals surface area contributed by atoms with E-state index in [1.807, 2.05) is 18.2 Å². The molecule has 0 unspecified atom stereocenters. The van der Waals surface area contributed by atoms with Crippen LogP contribution >= 0.6 is 0 Å². The molecule has 0 saturated carbocycles. The van der Waals surface area contributed by atoms with Crippen LogP contribution in [-0.4, -0.2) is 25.2 Å². The second kappa shape index (κ2) is 7.27. The quantitative estimate of drug-likeness (QED) is 0.840. The molecule has 4 nitrogen and oxygen atoms in total. The molecule has 2 rings (SSSR count). The second-order valence-electron chi connectivity index (χ2n) is 5.49. The van der Waals surface area contributed by atoms with E-state index in [1.165, 1.54) is 0 Å². The Hall–Kier alpha value is -1.81. The maximum Gasteiger partial charge on any atom is 0.132 e. The first-order valence-corrected chi connectivity index (χ1v) is 7.43. The Bertz CT molecular complexity index is 597. The van der Waals surface area contributed by atoms with Crippen LogP contribution in [-0.2, 0) is 11.3 Å². The molecule has 0 amide bonds. The number of benzene rings is 1. The highest BCUT2D eigenvalue weighted by Gasteiger charge is 2.08. The Kier molecular flexibility index (Phi) is 5.39. The lowest BCUT2D eigenvalue weighted by atomic mass is 10.1. The van der Waals surface area contributed by atoms with Crippen molar-refractivity contribution in [2.75, 3.05) is 25.6 Å². The summed E-state index contributed by atoms with van der Waals surface area (Å²) >= 11 is 0. The second-order valence-corrected chi connectivity index (χ2v) is 5.49. The van der Waals surface area contributed by atoms with E-state index in [0.717, 1.165) is 41.2 Å². The molecule has 0 aliphatic heterocycles. The SMILES string of the molecule is CCNc1nc2cc(OC)ccc2cc1COCC(C)C. The fraction of sp³-hybridized carbons (Fsp3) is 0.471. The molecule has 4 heteroatoms. The maximum absolute atomic E-state index is 5.76. The first-order valence-electron chi connectivity index (χ1n) is 7.43. The van der Waals surface area contributed by atoms with Gasteiger partial charge in [0.05, 0.1) is 19.2 Å². The number of pyridine rings is 1. The summed E-state index contributed by atoms with van der Waals surface area (Å²) < 4.78 is 11.0. The van der Waals surface area contributed by atoms with Gasteiger partial charge in [-0.1, -0.05) is 13.8 Å². The predicted molar refractivity (Wildman–Crippen MR) is 87.0 cm³/mol. The van der Waals surface area contributed by atoms with Gasteiger partial charge in [0.1, 0.15) is 11.6 Å². The third kappa shape index (κ3) is 4.08. The van der Waals surface area contributed by atoms with E-state index in [9.17, 15) is 0 Å². The average Bonchev–Trinajstić information content (AvgIpc) is 2.47. The zero-order chi connectivity index (χ0) is 15.2. The van der Waals surface area contributed by atoms with Crippen LogP contribution < -0.4 is 10.1 Å². The van der Waals surface area contributed by atoms with E-state index < -0.39 is 0 Å². The van der Waals surface area contributed by atoms with Crippen molar-refractivity contribution in [1.29, 1.82) is 0 Å². The van der Waals surface area contributed by atoms with Gasteiger partial charge in [-0.25, -0.2) is 4.98 Å². The van der Waals surface area contributed by atoms with Gasteiger partial charge in [0.25, 0.3) is 0 Å². The van der Waals surface area contributed by atoms with Gasteiger partial charge < -0.3 is 14.8 Å². The molecular formula is C17H24N2O2. The van der Waals surface area contributed by atoms with E-state index in [1.54, 1.807) is 7.11 Å². The molecule has 0 aliphatic rings. The van der Waals surface area contributed by atoms with Crippen molar-refractivity contribution < 1.29 is 9.47 Å². The Balaban J connectivity index is 2.31. The van der Waals surface area contributed by atoms with Crippen LogP contribution in [0.25, 0.3) is 10.9 Å². The lowest BCUT2D eigenvalue weighted by molar-refractivity contribution is 0.0973. The number of ether oxygens (including phenoxy) is 2. The minimum Gasteiger partial charge on any atom is -0.497 e. The molecule has 0 fully saturated rings. The third-order valence-electron chi connectivity index (χ3n) is 3.16. The van der Waals surface area contributed by atoms with Crippen molar-refractivity contribution in [2.24, 2.45) is 5.92 Å². The average molecular weight is 288 g/mol. The molecular weight excluding hydrogens is 264 g/mol. The fourth-order valence-corrected chi connectivity index (χ4v) is 2.15. The molecule has 1 aromatic heterocycles. The summed E-state index contributed by atoms with van der Waals surface area (Å²) in [4.78, 5) is 4.70. The van der Waals surface area contributed by atoms with E-state index >= 15 is 0 Å². The van der Waals surface area contributed by atoms with Crippen LogP contribution in [0, 0.1) is 5.92 Å². The Morgan fingerprint density at radius 3 is 2.71 bits per heavy atom. The standard InChI is InChI=1S/C17H24N2O2/c1-5-18-17-14(11-21-10-12(2)3)8-13-6-7-15(20-4)9-16(13)19-17/h6-9,12H,5,10-11H2,1-4H3,(H,18,19). The number of nitrogens with zero attached hydrogens (tertiary/aromatic N) is 1. The molecule has 2 aromatic rings. The number of hydrogen-bond acceptors (Lipinski definition) is 4. The number of methoxy groups -OCH3 is 1. The fourth-order valence-electron chi connectivity index (χ4n) is 2.15. The zero-order valence-electron chi connectivity index (χ0n) is 13.3. The van der Waals surface area contributed by atoms with Crippen LogP contribution in [0.1, 0.15) is 26.3 Å². The summed E-state index contributed by atoms with van der Waals surface area (Å²) in [5, 5.41) is 4.41. The van der Waals surface area contributed by atoms with Gasteiger partial charge in [0.2, 0.25) is 0 Å². The van der Waals surface area contributed by atoms with Crippen molar-refractivity contribution in [3.05, 3.63) is 29.8 Å². The molecule has 0 atom stereocenters. The summed E-state index contributed by atoms with van der Waals surface area (Å²) in [6.07, 6.45) is 0. The predicted octanol–water partition coefficient (Wildman–Crippen LogP) is 3.85. The number of fused-ring (bicyclic) bond motifs is 1. The van der Waals surface area contributed by atoms with Crippen LogP contribution in [0.5, 0.6) is 5.75 Å². The summed E-state index contributed by atoms with van der Waals surface area (Å²) in [6.45, 7) is 8.53. The van der Waals surface area contributed by atoms with Crippen molar-refractivity contribution in [3.63, 3.8) is 0 Å². The van der Waals surface area contributed by atoms with E-state index in [2.05, 4.69) is 32.2 Å². The van der Waals surface area contributed by atoms with Gasteiger partial charge in [-0.15, -0.1) is 0 Å². The normalized spacial score (nSPS) is 11.1. The number of aromatic nitrogens is 1. The third-order valence-corrected chi connectivity index (χ3v) is 3.16. The van der Waals surface area contributed by atoms with Crippen LogP contribution in [0.15, 0.2) is 24.3 Å². The monoisotopic (exact) mass is 288 g/mol. The van der Waals surface area contributed by atoms with E-state index in [4.69, 9.17) is 14.5 Å². The molecule has 1 N–H and O–H groups in total. The molecule has 0 spiro atoms. The highest BCUT2D eigenvalue weighted by Crippen LogP contribution is 2.24. The van der Waals surface area contributed by atoms with Gasteiger partial charge in [0.15, 0.2) is 0 Å². The summed E-state index contributed by atoms with van der Waals surface area (Å²) in [5.41, 5.74) is 2.02. The Labute approximate surface area is 126 Å². The van der Waals surface area contributed by atoms with Crippen molar-refractivity contribution in [3.8, 4) is 5.75 Å². The minimum absolute atomic E-state index is 0.533. The number of rotatable bonds is 7. The summed E-state index contributed by atoms with van der Waals surface area (Å²) in [6, 6.07) is 8.08. The lowest BCUT2D eigenvalue weighted by Gasteiger charge is -2.13. The Morgan fingerprint density at radius 2 is 2.05 bits per heavy atom. The number of hydrogen-bond donors (Lipinski definition) is 1. The van der Waals surface area contributed by atoms with Gasteiger partial charge in [0, 0.05) is 30.2 Å². The first kappa shape index (κ1) is 15.6. The molecule has 114 valence electrons. The molecule has 1 aromatic carbocycles. The van der Waals surface area contributed by atoms with Crippen LogP contribution in [0.3, 0.4) is 0 Å². The molecule has 0 radical (unpaired) electrons. The van der Waals surface area contributed by atoms with E-state index in [0.29, 0.717) is 12.5 Å². The van der Waals surface area contributed by atoms with E-state index in [-0.39, 0.29) is 0 Å². The Morgan fingerprint density at radius 1 is 1.24 bits per heavy atom. The highest BCUT2D eigenvalue weighted by molar-refractivity contribution is 5.83. The molecule has 1 heterocycles. The summed E-state index contributed by atoms with van der Waals surface area (Å²) in [5.74, 6) is 2.24. The van der Waals surface area contributed by atoms with Gasteiger partial charge in [-0.05, 0) is 31.0 Å². The molecule has 0 aliphatic carbocycles. The molecule has 21 heavy (non-hydrogen) atoms. The zero-order valence-corrected chi connectivity index (χ0v) is 13.3. The highest BCUT2D eigenvalue weighted by atomic mass is 16.5. The topological polar surface area (TPSA) is 43.4 Å². The molecule has 0 saturated heterocycles. The minimum atomic E-state index is 0.533. The van der Waals surface area contributed by atoms with Crippen molar-refractivity contribution in [1.82, 2.24) is 4.98 Å². The van der Waals surface area contributed by atoms with Crippen molar-refractivity contribution >= 4 is 16.7 Å².